The highest BCUT2D eigenvalue weighted by Gasteiger charge is 2.16. The minimum atomic E-state index is -0.0735. The summed E-state index contributed by atoms with van der Waals surface area (Å²) in [7, 11) is 0. The molecule has 0 bridgehead atoms. The molecule has 2 aromatic heterocycles. The van der Waals surface area contributed by atoms with Crippen LogP contribution in [0.2, 0.25) is 4.34 Å². The Morgan fingerprint density at radius 2 is 2.13 bits per heavy atom. The maximum absolute atomic E-state index is 6.18. The molecule has 1 atom stereocenters. The van der Waals surface area contributed by atoms with Crippen LogP contribution in [0.3, 0.4) is 0 Å². The molecule has 0 fully saturated rings. The summed E-state index contributed by atoms with van der Waals surface area (Å²) < 4.78 is 1.87. The number of halogens is 2. The number of thiophene rings is 2. The summed E-state index contributed by atoms with van der Waals surface area (Å²) in [6.45, 7) is 2.08. The summed E-state index contributed by atoms with van der Waals surface area (Å²) in [5.74, 6) is 0. The Morgan fingerprint density at radius 1 is 1.40 bits per heavy atom. The summed E-state index contributed by atoms with van der Waals surface area (Å²) in [6.07, 6.45) is 0. The van der Waals surface area contributed by atoms with E-state index in [1.54, 1.807) is 11.3 Å². The topological polar surface area (TPSA) is 26.0 Å². The molecule has 2 heterocycles. The zero-order valence-corrected chi connectivity index (χ0v) is 11.9. The molecule has 0 aliphatic heterocycles. The average molecular weight is 323 g/mol. The van der Waals surface area contributed by atoms with Crippen LogP contribution in [0.15, 0.2) is 22.7 Å². The molecule has 0 saturated heterocycles. The van der Waals surface area contributed by atoms with E-state index in [2.05, 4.69) is 28.9 Å². The van der Waals surface area contributed by atoms with Crippen molar-refractivity contribution in [3.63, 3.8) is 0 Å². The number of nitrogens with two attached hydrogens (primary N) is 1. The lowest BCUT2D eigenvalue weighted by atomic mass is 10.2. The van der Waals surface area contributed by atoms with E-state index in [4.69, 9.17) is 17.3 Å². The molecule has 15 heavy (non-hydrogen) atoms. The Kier molecular flexibility index (Phi) is 3.52. The molecule has 0 aromatic carbocycles. The predicted octanol–water partition coefficient (Wildman–Crippen LogP) is 4.58. The predicted molar refractivity (Wildman–Crippen MR) is 72.1 cm³/mol. The molecular formula is C10H9BrClNS2. The third-order valence-corrected chi connectivity index (χ3v) is 5.39. The number of hydrogen-bond acceptors (Lipinski definition) is 3. The van der Waals surface area contributed by atoms with Gasteiger partial charge in [0.05, 0.1) is 10.4 Å². The molecule has 2 rings (SSSR count). The van der Waals surface area contributed by atoms with Gasteiger partial charge in [0.25, 0.3) is 0 Å². The molecular weight excluding hydrogens is 314 g/mol. The Labute approximate surface area is 110 Å². The van der Waals surface area contributed by atoms with Crippen molar-refractivity contribution < 1.29 is 0 Å². The molecule has 5 heteroatoms. The highest BCUT2D eigenvalue weighted by atomic mass is 79.9. The van der Waals surface area contributed by atoms with Crippen LogP contribution in [0, 0.1) is 6.92 Å². The highest BCUT2D eigenvalue weighted by molar-refractivity contribution is 9.10. The van der Waals surface area contributed by atoms with Gasteiger partial charge in [-0.25, -0.2) is 0 Å². The standard InChI is InChI=1S/C10H9BrClNS2/c1-5-4-6(11)10(14-5)9(13)7-2-3-8(12)15-7/h2-4,9H,13H2,1H3. The molecule has 1 unspecified atom stereocenters. The van der Waals surface area contributed by atoms with E-state index in [-0.39, 0.29) is 6.04 Å². The number of rotatable bonds is 2. The van der Waals surface area contributed by atoms with Gasteiger partial charge in [-0.1, -0.05) is 11.6 Å². The van der Waals surface area contributed by atoms with E-state index in [1.165, 1.54) is 16.2 Å². The van der Waals surface area contributed by atoms with E-state index in [1.807, 2.05) is 12.1 Å². The first kappa shape index (κ1) is 11.6. The summed E-state index contributed by atoms with van der Waals surface area (Å²) >= 11 is 12.7. The molecule has 80 valence electrons. The van der Waals surface area contributed by atoms with Gasteiger partial charge in [0.1, 0.15) is 0 Å². The van der Waals surface area contributed by atoms with Crippen LogP contribution in [-0.2, 0) is 0 Å². The number of hydrogen-bond donors (Lipinski definition) is 1. The molecule has 0 saturated carbocycles. The van der Waals surface area contributed by atoms with Crippen molar-refractivity contribution in [3.8, 4) is 0 Å². The lowest BCUT2D eigenvalue weighted by Gasteiger charge is -2.07. The largest absolute Gasteiger partial charge is 0.319 e. The van der Waals surface area contributed by atoms with Crippen LogP contribution in [0.5, 0.6) is 0 Å². The van der Waals surface area contributed by atoms with Gasteiger partial charge >= 0.3 is 0 Å². The lowest BCUT2D eigenvalue weighted by Crippen LogP contribution is -2.08. The van der Waals surface area contributed by atoms with E-state index in [0.717, 1.165) is 18.6 Å². The van der Waals surface area contributed by atoms with Crippen molar-refractivity contribution in [2.75, 3.05) is 0 Å². The molecule has 0 aliphatic carbocycles. The van der Waals surface area contributed by atoms with Crippen LogP contribution in [0.25, 0.3) is 0 Å². The quantitative estimate of drug-likeness (QED) is 0.860. The second-order valence-electron chi connectivity index (χ2n) is 3.19. The average Bonchev–Trinajstić information content (AvgIpc) is 2.71. The second kappa shape index (κ2) is 4.55. The first-order valence-electron chi connectivity index (χ1n) is 4.34. The zero-order chi connectivity index (χ0) is 11.0. The van der Waals surface area contributed by atoms with Gasteiger partial charge in [0, 0.05) is 19.1 Å². The summed E-state index contributed by atoms with van der Waals surface area (Å²) in [5, 5.41) is 0. The van der Waals surface area contributed by atoms with Crippen molar-refractivity contribution in [2.24, 2.45) is 5.73 Å². The molecule has 0 spiro atoms. The van der Waals surface area contributed by atoms with E-state index in [0.29, 0.717) is 0 Å². The summed E-state index contributed by atoms with van der Waals surface area (Å²) in [5.41, 5.74) is 6.18. The van der Waals surface area contributed by atoms with Crippen molar-refractivity contribution in [2.45, 2.75) is 13.0 Å². The third-order valence-electron chi connectivity index (χ3n) is 2.02. The molecule has 0 amide bonds. The molecule has 2 N–H and O–H groups in total. The molecule has 0 aliphatic rings. The van der Waals surface area contributed by atoms with Crippen molar-refractivity contribution >= 4 is 50.2 Å². The fourth-order valence-corrected chi connectivity index (χ4v) is 4.40. The van der Waals surface area contributed by atoms with Gasteiger partial charge in [-0.05, 0) is 41.1 Å². The highest BCUT2D eigenvalue weighted by Crippen LogP contribution is 2.37. The zero-order valence-electron chi connectivity index (χ0n) is 7.96. The minimum absolute atomic E-state index is 0.0735. The Bertz CT molecular complexity index is 477. The SMILES string of the molecule is Cc1cc(Br)c(C(N)c2ccc(Cl)s2)s1. The van der Waals surface area contributed by atoms with Crippen molar-refractivity contribution in [1.82, 2.24) is 0 Å². The minimum Gasteiger partial charge on any atom is -0.319 e. The monoisotopic (exact) mass is 321 g/mol. The van der Waals surface area contributed by atoms with Crippen LogP contribution in [-0.4, -0.2) is 0 Å². The van der Waals surface area contributed by atoms with E-state index < -0.39 is 0 Å². The van der Waals surface area contributed by atoms with Crippen molar-refractivity contribution in [1.29, 1.82) is 0 Å². The third kappa shape index (κ3) is 2.45. The Hall–Kier alpha value is 0.130. The maximum atomic E-state index is 6.18. The van der Waals surface area contributed by atoms with E-state index in [9.17, 15) is 0 Å². The molecule has 1 nitrogen and oxygen atoms in total. The fraction of sp³-hybridized carbons (Fsp3) is 0.200. The first-order chi connectivity index (χ1) is 7.08. The van der Waals surface area contributed by atoms with Gasteiger partial charge in [-0.15, -0.1) is 22.7 Å². The van der Waals surface area contributed by atoms with Crippen LogP contribution in [0.4, 0.5) is 0 Å². The second-order valence-corrected chi connectivity index (χ2v) is 7.08. The maximum Gasteiger partial charge on any atom is 0.0931 e. The summed E-state index contributed by atoms with van der Waals surface area (Å²) in [6, 6.07) is 5.89. The summed E-state index contributed by atoms with van der Waals surface area (Å²) in [4.78, 5) is 3.52. The van der Waals surface area contributed by atoms with Gasteiger partial charge in [0.15, 0.2) is 0 Å². The normalized spacial score (nSPS) is 13.1. The van der Waals surface area contributed by atoms with Crippen LogP contribution < -0.4 is 5.73 Å². The Balaban J connectivity index is 2.35. The first-order valence-corrected chi connectivity index (χ1v) is 7.15. The number of aryl methyl sites for hydroxylation is 1. The molecule has 0 radical (unpaired) electrons. The van der Waals surface area contributed by atoms with Crippen molar-refractivity contribution in [3.05, 3.63) is 41.6 Å². The van der Waals surface area contributed by atoms with Gasteiger partial charge in [0.2, 0.25) is 0 Å². The fourth-order valence-electron chi connectivity index (χ4n) is 1.34. The van der Waals surface area contributed by atoms with Crippen LogP contribution >= 0.6 is 50.2 Å². The lowest BCUT2D eigenvalue weighted by molar-refractivity contribution is 0.912. The Morgan fingerprint density at radius 3 is 2.60 bits per heavy atom. The van der Waals surface area contributed by atoms with E-state index >= 15 is 0 Å². The van der Waals surface area contributed by atoms with Gasteiger partial charge in [-0.3, -0.25) is 0 Å². The van der Waals surface area contributed by atoms with Gasteiger partial charge < -0.3 is 5.73 Å². The van der Waals surface area contributed by atoms with Gasteiger partial charge in [-0.2, -0.15) is 0 Å². The smallest absolute Gasteiger partial charge is 0.0931 e. The van der Waals surface area contributed by atoms with Crippen LogP contribution in [0.1, 0.15) is 20.7 Å². The molecule has 2 aromatic rings.